The molecule has 2 N–H and O–H groups in total. The van der Waals surface area contributed by atoms with Crippen LogP contribution in [0.15, 0.2) is 24.3 Å². The van der Waals surface area contributed by atoms with Gasteiger partial charge in [-0.1, -0.05) is 12.1 Å². The summed E-state index contributed by atoms with van der Waals surface area (Å²) in [5.74, 6) is 1.27. The number of carbonyl (C=O) groups is 1. The molecule has 1 aromatic carbocycles. The molecule has 98 valence electrons. The monoisotopic (exact) mass is 264 g/mol. The minimum absolute atomic E-state index is 0.115. The van der Waals surface area contributed by atoms with E-state index in [9.17, 15) is 4.79 Å². The second-order valence-corrected chi connectivity index (χ2v) is 5.53. The van der Waals surface area contributed by atoms with Gasteiger partial charge in [0.2, 0.25) is 5.91 Å². The number of thioether (sulfide) groups is 1. The summed E-state index contributed by atoms with van der Waals surface area (Å²) >= 11 is 1.80. The number of anilines is 1. The molecule has 0 radical (unpaired) electrons. The summed E-state index contributed by atoms with van der Waals surface area (Å²) in [6.07, 6.45) is 4.17. The molecular weight excluding hydrogens is 244 g/mol. The molecule has 0 bridgehead atoms. The fourth-order valence-corrected chi connectivity index (χ4v) is 2.70. The second-order valence-electron chi connectivity index (χ2n) is 4.66. The fraction of sp³-hybridized carbons (Fsp3) is 0.500. The topological polar surface area (TPSA) is 41.1 Å². The van der Waals surface area contributed by atoms with Crippen LogP contribution in [0.4, 0.5) is 5.69 Å². The van der Waals surface area contributed by atoms with E-state index < -0.39 is 0 Å². The summed E-state index contributed by atoms with van der Waals surface area (Å²) < 4.78 is 0. The molecule has 1 fully saturated rings. The molecule has 2 rings (SSSR count). The normalized spacial score (nSPS) is 19.5. The van der Waals surface area contributed by atoms with E-state index in [4.69, 9.17) is 0 Å². The van der Waals surface area contributed by atoms with E-state index in [1.54, 1.807) is 11.8 Å². The minimum Gasteiger partial charge on any atom is -0.326 e. The van der Waals surface area contributed by atoms with Gasteiger partial charge < -0.3 is 10.6 Å². The Labute approximate surface area is 113 Å². The highest BCUT2D eigenvalue weighted by molar-refractivity contribution is 7.97. The molecule has 4 heteroatoms. The Bertz CT molecular complexity index is 385. The highest BCUT2D eigenvalue weighted by atomic mass is 32.2. The minimum atomic E-state index is 0.115. The summed E-state index contributed by atoms with van der Waals surface area (Å²) in [4.78, 5) is 12.0. The lowest BCUT2D eigenvalue weighted by atomic mass is 9.99. The number of hydrogen-bond donors (Lipinski definition) is 2. The number of nitrogens with one attached hydrogen (secondary N) is 2. The van der Waals surface area contributed by atoms with Crippen LogP contribution in [0.3, 0.4) is 0 Å². The Morgan fingerprint density at radius 2 is 2.22 bits per heavy atom. The highest BCUT2D eigenvalue weighted by Gasteiger charge is 2.20. The van der Waals surface area contributed by atoms with Crippen molar-refractivity contribution >= 4 is 23.4 Å². The summed E-state index contributed by atoms with van der Waals surface area (Å²) in [5, 5.41) is 6.26. The number of hydrogen-bond acceptors (Lipinski definition) is 3. The number of piperidine rings is 1. The SMILES string of the molecule is CSCc1ccc(NC(=O)C2CCCNC2)cc1. The molecule has 0 aromatic heterocycles. The third-order valence-corrected chi connectivity index (χ3v) is 3.82. The maximum Gasteiger partial charge on any atom is 0.228 e. The molecule has 0 aliphatic carbocycles. The Morgan fingerprint density at radius 1 is 1.44 bits per heavy atom. The van der Waals surface area contributed by atoms with Gasteiger partial charge in [0.15, 0.2) is 0 Å². The van der Waals surface area contributed by atoms with Crippen LogP contribution >= 0.6 is 11.8 Å². The van der Waals surface area contributed by atoms with Crippen molar-refractivity contribution in [2.45, 2.75) is 18.6 Å². The smallest absolute Gasteiger partial charge is 0.228 e. The van der Waals surface area contributed by atoms with Gasteiger partial charge in [0.1, 0.15) is 0 Å². The van der Waals surface area contributed by atoms with Crippen molar-refractivity contribution in [2.24, 2.45) is 5.92 Å². The van der Waals surface area contributed by atoms with Crippen LogP contribution in [0.5, 0.6) is 0 Å². The van der Waals surface area contributed by atoms with Crippen LogP contribution in [-0.2, 0) is 10.5 Å². The Kier molecular flexibility index (Phi) is 5.08. The van der Waals surface area contributed by atoms with Crippen molar-refractivity contribution in [3.63, 3.8) is 0 Å². The largest absolute Gasteiger partial charge is 0.326 e. The van der Waals surface area contributed by atoms with Gasteiger partial charge >= 0.3 is 0 Å². The molecule has 1 atom stereocenters. The Balaban J connectivity index is 1.89. The third kappa shape index (κ3) is 3.75. The van der Waals surface area contributed by atoms with E-state index in [0.717, 1.165) is 37.4 Å². The summed E-state index contributed by atoms with van der Waals surface area (Å²) in [6, 6.07) is 8.12. The Morgan fingerprint density at radius 3 is 2.83 bits per heavy atom. The second kappa shape index (κ2) is 6.81. The maximum absolute atomic E-state index is 12.0. The van der Waals surface area contributed by atoms with Crippen LogP contribution in [0.25, 0.3) is 0 Å². The van der Waals surface area contributed by atoms with Crippen molar-refractivity contribution in [1.82, 2.24) is 5.32 Å². The maximum atomic E-state index is 12.0. The van der Waals surface area contributed by atoms with Crippen LogP contribution in [-0.4, -0.2) is 25.3 Å². The number of rotatable bonds is 4. The predicted octanol–water partition coefficient (Wildman–Crippen LogP) is 2.49. The van der Waals surface area contributed by atoms with Crippen molar-refractivity contribution < 1.29 is 4.79 Å². The first kappa shape index (κ1) is 13.4. The van der Waals surface area contributed by atoms with E-state index in [-0.39, 0.29) is 11.8 Å². The molecule has 1 unspecified atom stereocenters. The molecule has 1 aromatic rings. The van der Waals surface area contributed by atoms with Crippen LogP contribution in [0.2, 0.25) is 0 Å². The summed E-state index contributed by atoms with van der Waals surface area (Å²) in [7, 11) is 0. The molecule has 1 saturated heterocycles. The molecule has 18 heavy (non-hydrogen) atoms. The molecule has 1 aliphatic heterocycles. The fourth-order valence-electron chi connectivity index (χ4n) is 2.17. The van der Waals surface area contributed by atoms with Gasteiger partial charge in [0, 0.05) is 18.0 Å². The number of carbonyl (C=O) groups excluding carboxylic acids is 1. The van der Waals surface area contributed by atoms with Crippen LogP contribution < -0.4 is 10.6 Å². The zero-order valence-electron chi connectivity index (χ0n) is 10.7. The zero-order chi connectivity index (χ0) is 12.8. The first-order chi connectivity index (χ1) is 8.79. The molecule has 1 heterocycles. The lowest BCUT2D eigenvalue weighted by molar-refractivity contribution is -0.120. The predicted molar refractivity (Wildman–Crippen MR) is 77.9 cm³/mol. The highest BCUT2D eigenvalue weighted by Crippen LogP contribution is 2.16. The van der Waals surface area contributed by atoms with Gasteiger partial charge in [-0.2, -0.15) is 11.8 Å². The number of benzene rings is 1. The third-order valence-electron chi connectivity index (χ3n) is 3.20. The van der Waals surface area contributed by atoms with E-state index >= 15 is 0 Å². The summed E-state index contributed by atoms with van der Waals surface area (Å²) in [6.45, 7) is 1.84. The van der Waals surface area contributed by atoms with Gasteiger partial charge in [-0.3, -0.25) is 4.79 Å². The molecule has 3 nitrogen and oxygen atoms in total. The van der Waals surface area contributed by atoms with Gasteiger partial charge in [-0.05, 0) is 43.3 Å². The standard InChI is InChI=1S/C14H20N2OS/c1-18-10-11-4-6-13(7-5-11)16-14(17)12-3-2-8-15-9-12/h4-7,12,15H,2-3,8-10H2,1H3,(H,16,17). The lowest BCUT2D eigenvalue weighted by Crippen LogP contribution is -2.37. The van der Waals surface area contributed by atoms with E-state index in [1.165, 1.54) is 5.56 Å². The van der Waals surface area contributed by atoms with Gasteiger partial charge in [0.25, 0.3) is 0 Å². The average Bonchev–Trinajstić information content (AvgIpc) is 2.42. The van der Waals surface area contributed by atoms with Crippen LogP contribution in [0.1, 0.15) is 18.4 Å². The average molecular weight is 264 g/mol. The zero-order valence-corrected chi connectivity index (χ0v) is 11.6. The molecule has 1 aliphatic rings. The van der Waals surface area contributed by atoms with Gasteiger partial charge in [0.05, 0.1) is 5.92 Å². The first-order valence-electron chi connectivity index (χ1n) is 6.39. The van der Waals surface area contributed by atoms with Gasteiger partial charge in [-0.25, -0.2) is 0 Å². The van der Waals surface area contributed by atoms with E-state index in [2.05, 4.69) is 29.0 Å². The van der Waals surface area contributed by atoms with Crippen molar-refractivity contribution in [3.8, 4) is 0 Å². The van der Waals surface area contributed by atoms with Crippen molar-refractivity contribution in [2.75, 3.05) is 24.7 Å². The van der Waals surface area contributed by atoms with Crippen molar-refractivity contribution in [1.29, 1.82) is 0 Å². The quantitative estimate of drug-likeness (QED) is 0.878. The number of amides is 1. The lowest BCUT2D eigenvalue weighted by Gasteiger charge is -2.21. The molecule has 0 saturated carbocycles. The van der Waals surface area contributed by atoms with Gasteiger partial charge in [-0.15, -0.1) is 0 Å². The first-order valence-corrected chi connectivity index (χ1v) is 7.78. The van der Waals surface area contributed by atoms with E-state index in [1.807, 2.05) is 12.1 Å². The van der Waals surface area contributed by atoms with Crippen molar-refractivity contribution in [3.05, 3.63) is 29.8 Å². The molecular formula is C14H20N2OS. The van der Waals surface area contributed by atoms with E-state index in [0.29, 0.717) is 0 Å². The van der Waals surface area contributed by atoms with Crippen LogP contribution in [0, 0.1) is 5.92 Å². The molecule has 0 spiro atoms. The summed E-state index contributed by atoms with van der Waals surface area (Å²) in [5.41, 5.74) is 2.19. The molecule has 1 amide bonds. The Hall–Kier alpha value is -1.00.